The Morgan fingerprint density at radius 2 is 2.21 bits per heavy atom. The number of rotatable bonds is 1. The fourth-order valence-electron chi connectivity index (χ4n) is 1.42. The summed E-state index contributed by atoms with van der Waals surface area (Å²) in [5.41, 5.74) is 1.44. The van der Waals surface area contributed by atoms with E-state index in [0.29, 0.717) is 11.1 Å². The standard InChI is InChI=1S/C10H8N2O2/c1-7-5-8-3-2-4-11-9(8)6-10(7)12(13)14/h2-6H,1H3. The van der Waals surface area contributed by atoms with Crippen LogP contribution in [-0.4, -0.2) is 9.91 Å². The van der Waals surface area contributed by atoms with Crippen molar-refractivity contribution in [2.75, 3.05) is 0 Å². The molecule has 2 aromatic rings. The minimum atomic E-state index is -0.385. The maximum atomic E-state index is 10.6. The lowest BCUT2D eigenvalue weighted by atomic mass is 10.1. The van der Waals surface area contributed by atoms with Crippen LogP contribution >= 0.6 is 0 Å². The molecule has 2 rings (SSSR count). The smallest absolute Gasteiger partial charge is 0.258 e. The highest BCUT2D eigenvalue weighted by Gasteiger charge is 2.11. The number of hydrogen-bond donors (Lipinski definition) is 0. The Kier molecular flexibility index (Phi) is 1.89. The monoisotopic (exact) mass is 188 g/mol. The van der Waals surface area contributed by atoms with Gasteiger partial charge in [-0.05, 0) is 19.1 Å². The van der Waals surface area contributed by atoms with Crippen molar-refractivity contribution in [3.05, 3.63) is 46.1 Å². The lowest BCUT2D eigenvalue weighted by Gasteiger charge is -1.99. The van der Waals surface area contributed by atoms with E-state index >= 15 is 0 Å². The zero-order chi connectivity index (χ0) is 10.1. The number of aryl methyl sites for hydroxylation is 1. The molecule has 0 spiro atoms. The van der Waals surface area contributed by atoms with E-state index in [-0.39, 0.29) is 10.6 Å². The molecule has 1 aromatic carbocycles. The summed E-state index contributed by atoms with van der Waals surface area (Å²) >= 11 is 0. The number of pyridine rings is 1. The van der Waals surface area contributed by atoms with Crippen LogP contribution in [0.15, 0.2) is 30.5 Å². The predicted octanol–water partition coefficient (Wildman–Crippen LogP) is 2.45. The number of nitro groups is 1. The second-order valence-corrected chi connectivity index (χ2v) is 3.09. The van der Waals surface area contributed by atoms with Crippen LogP contribution in [0.2, 0.25) is 0 Å². The molecule has 0 aliphatic rings. The normalized spacial score (nSPS) is 10.4. The molecule has 0 radical (unpaired) electrons. The quantitative estimate of drug-likeness (QED) is 0.510. The molecule has 0 fully saturated rings. The van der Waals surface area contributed by atoms with Crippen LogP contribution in [0.1, 0.15) is 5.56 Å². The molecule has 0 saturated carbocycles. The highest BCUT2D eigenvalue weighted by molar-refractivity contribution is 5.82. The van der Waals surface area contributed by atoms with Crippen LogP contribution in [0.3, 0.4) is 0 Å². The van der Waals surface area contributed by atoms with Crippen molar-refractivity contribution in [1.29, 1.82) is 0 Å². The topological polar surface area (TPSA) is 56.0 Å². The van der Waals surface area contributed by atoms with Crippen molar-refractivity contribution in [3.63, 3.8) is 0 Å². The Balaban J connectivity index is 2.77. The van der Waals surface area contributed by atoms with Crippen LogP contribution < -0.4 is 0 Å². The third kappa shape index (κ3) is 1.31. The van der Waals surface area contributed by atoms with E-state index in [1.807, 2.05) is 12.1 Å². The van der Waals surface area contributed by atoms with E-state index in [9.17, 15) is 10.1 Å². The third-order valence-electron chi connectivity index (χ3n) is 2.12. The van der Waals surface area contributed by atoms with E-state index < -0.39 is 0 Å². The van der Waals surface area contributed by atoms with Gasteiger partial charge >= 0.3 is 0 Å². The number of nitro benzene ring substituents is 1. The van der Waals surface area contributed by atoms with Gasteiger partial charge in [0.05, 0.1) is 10.4 Å². The molecule has 4 heteroatoms. The molecule has 0 unspecified atom stereocenters. The van der Waals surface area contributed by atoms with Crippen molar-refractivity contribution >= 4 is 16.6 Å². The molecular weight excluding hydrogens is 180 g/mol. The van der Waals surface area contributed by atoms with Crippen molar-refractivity contribution in [2.24, 2.45) is 0 Å². The maximum absolute atomic E-state index is 10.6. The Labute approximate surface area is 80.4 Å². The van der Waals surface area contributed by atoms with E-state index in [4.69, 9.17) is 0 Å². The van der Waals surface area contributed by atoms with Crippen molar-refractivity contribution in [3.8, 4) is 0 Å². The Morgan fingerprint density at radius 3 is 2.93 bits per heavy atom. The van der Waals surface area contributed by atoms with Gasteiger partial charge in [-0.1, -0.05) is 6.07 Å². The second kappa shape index (κ2) is 3.06. The van der Waals surface area contributed by atoms with Gasteiger partial charge in [0.15, 0.2) is 0 Å². The molecule has 0 saturated heterocycles. The second-order valence-electron chi connectivity index (χ2n) is 3.09. The molecular formula is C10H8N2O2. The Bertz CT molecular complexity index is 508. The van der Waals surface area contributed by atoms with Gasteiger partial charge in [0.1, 0.15) is 0 Å². The lowest BCUT2D eigenvalue weighted by Crippen LogP contribution is -1.92. The molecule has 0 bridgehead atoms. The lowest BCUT2D eigenvalue weighted by molar-refractivity contribution is -0.385. The highest BCUT2D eigenvalue weighted by Crippen LogP contribution is 2.23. The number of hydrogen-bond acceptors (Lipinski definition) is 3. The Hall–Kier alpha value is -1.97. The van der Waals surface area contributed by atoms with Gasteiger partial charge in [0, 0.05) is 23.2 Å². The van der Waals surface area contributed by atoms with E-state index in [1.165, 1.54) is 6.07 Å². The van der Waals surface area contributed by atoms with Gasteiger partial charge in [-0.3, -0.25) is 15.1 Å². The van der Waals surface area contributed by atoms with E-state index in [2.05, 4.69) is 4.98 Å². The van der Waals surface area contributed by atoms with Crippen LogP contribution in [0.4, 0.5) is 5.69 Å². The van der Waals surface area contributed by atoms with Crippen LogP contribution in [-0.2, 0) is 0 Å². The molecule has 0 atom stereocenters. The van der Waals surface area contributed by atoms with Gasteiger partial charge in [-0.25, -0.2) is 0 Å². The van der Waals surface area contributed by atoms with Crippen molar-refractivity contribution < 1.29 is 4.92 Å². The zero-order valence-electron chi connectivity index (χ0n) is 7.60. The van der Waals surface area contributed by atoms with Gasteiger partial charge < -0.3 is 0 Å². The number of benzene rings is 1. The molecule has 0 N–H and O–H groups in total. The molecule has 0 aliphatic heterocycles. The number of aromatic nitrogens is 1. The summed E-state index contributed by atoms with van der Waals surface area (Å²) in [6.07, 6.45) is 1.63. The molecule has 1 aromatic heterocycles. The number of fused-ring (bicyclic) bond motifs is 1. The first-order valence-electron chi connectivity index (χ1n) is 4.18. The summed E-state index contributed by atoms with van der Waals surface area (Å²) in [5, 5.41) is 11.6. The summed E-state index contributed by atoms with van der Waals surface area (Å²) in [6, 6.07) is 6.98. The van der Waals surface area contributed by atoms with Gasteiger partial charge in [0.25, 0.3) is 5.69 Å². The fraction of sp³-hybridized carbons (Fsp3) is 0.100. The van der Waals surface area contributed by atoms with Crippen molar-refractivity contribution in [2.45, 2.75) is 6.92 Å². The minimum absolute atomic E-state index is 0.121. The fourth-order valence-corrected chi connectivity index (χ4v) is 1.42. The average Bonchev–Trinajstić information content (AvgIpc) is 2.16. The van der Waals surface area contributed by atoms with E-state index in [0.717, 1.165) is 5.39 Å². The third-order valence-corrected chi connectivity index (χ3v) is 2.12. The van der Waals surface area contributed by atoms with Gasteiger partial charge in [-0.15, -0.1) is 0 Å². The predicted molar refractivity (Wildman–Crippen MR) is 53.1 cm³/mol. The summed E-state index contributed by atoms with van der Waals surface area (Å²) in [5.74, 6) is 0. The average molecular weight is 188 g/mol. The zero-order valence-corrected chi connectivity index (χ0v) is 7.60. The van der Waals surface area contributed by atoms with E-state index in [1.54, 1.807) is 19.2 Å². The molecule has 70 valence electrons. The summed E-state index contributed by atoms with van der Waals surface area (Å²) in [6.45, 7) is 1.73. The summed E-state index contributed by atoms with van der Waals surface area (Å²) in [4.78, 5) is 14.3. The molecule has 0 aliphatic carbocycles. The summed E-state index contributed by atoms with van der Waals surface area (Å²) < 4.78 is 0. The Morgan fingerprint density at radius 1 is 1.43 bits per heavy atom. The first-order valence-corrected chi connectivity index (χ1v) is 4.18. The molecule has 0 amide bonds. The highest BCUT2D eigenvalue weighted by atomic mass is 16.6. The molecule has 1 heterocycles. The van der Waals surface area contributed by atoms with Gasteiger partial charge in [0.2, 0.25) is 0 Å². The van der Waals surface area contributed by atoms with Crippen LogP contribution in [0.5, 0.6) is 0 Å². The molecule has 14 heavy (non-hydrogen) atoms. The first-order chi connectivity index (χ1) is 6.68. The van der Waals surface area contributed by atoms with Crippen molar-refractivity contribution in [1.82, 2.24) is 4.98 Å². The van der Waals surface area contributed by atoms with Crippen LogP contribution in [0, 0.1) is 17.0 Å². The first kappa shape index (κ1) is 8.62. The molecule has 4 nitrogen and oxygen atoms in total. The SMILES string of the molecule is Cc1cc2cccnc2cc1[N+](=O)[O-]. The van der Waals surface area contributed by atoms with Gasteiger partial charge in [-0.2, -0.15) is 0 Å². The van der Waals surface area contributed by atoms with Crippen LogP contribution in [0.25, 0.3) is 10.9 Å². The minimum Gasteiger partial charge on any atom is -0.258 e. The maximum Gasteiger partial charge on any atom is 0.274 e. The largest absolute Gasteiger partial charge is 0.274 e. The summed E-state index contributed by atoms with van der Waals surface area (Å²) in [7, 11) is 0. The number of nitrogens with zero attached hydrogens (tertiary/aromatic N) is 2.